The van der Waals surface area contributed by atoms with Crippen molar-refractivity contribution in [3.8, 4) is 5.75 Å². The summed E-state index contributed by atoms with van der Waals surface area (Å²) in [5.74, 6) is -0.487. The molecule has 0 saturated carbocycles. The van der Waals surface area contributed by atoms with Crippen LogP contribution in [0.15, 0.2) is 42.5 Å². The van der Waals surface area contributed by atoms with Gasteiger partial charge in [0.05, 0.1) is 0 Å². The van der Waals surface area contributed by atoms with Crippen molar-refractivity contribution in [1.29, 1.82) is 0 Å². The van der Waals surface area contributed by atoms with Crippen molar-refractivity contribution in [2.45, 2.75) is 37.4 Å². The molecule has 146 valence electrons. The zero-order chi connectivity index (χ0) is 20.1. The smallest absolute Gasteiger partial charge is 0.404 e. The van der Waals surface area contributed by atoms with Gasteiger partial charge in [0, 0.05) is 30.3 Å². The number of fused-ring (bicyclic) bond motifs is 5. The zero-order valence-corrected chi connectivity index (χ0v) is 16.1. The Bertz CT molecular complexity index is 969. The summed E-state index contributed by atoms with van der Waals surface area (Å²) in [6, 6.07) is 13.2. The Morgan fingerprint density at radius 2 is 1.96 bits per heavy atom. The fourth-order valence-electron chi connectivity index (χ4n) is 4.60. The Kier molecular flexibility index (Phi) is 4.19. The van der Waals surface area contributed by atoms with E-state index in [0.29, 0.717) is 22.8 Å². The molecule has 1 aliphatic heterocycles. The van der Waals surface area contributed by atoms with Gasteiger partial charge in [-0.05, 0) is 24.0 Å². The highest BCUT2D eigenvalue weighted by atomic mass is 16.7. The Morgan fingerprint density at radius 1 is 1.21 bits per heavy atom. The van der Waals surface area contributed by atoms with Gasteiger partial charge in [0.1, 0.15) is 11.2 Å². The second kappa shape index (κ2) is 6.34. The Balaban J connectivity index is 1.93. The maximum atomic E-state index is 13.7. The molecule has 0 aromatic heterocycles. The normalized spacial score (nSPS) is 24.5. The van der Waals surface area contributed by atoms with Gasteiger partial charge >= 0.3 is 6.09 Å². The molecular formula is C22H23NO5. The lowest BCUT2D eigenvalue weighted by molar-refractivity contribution is -0.190. The van der Waals surface area contributed by atoms with E-state index in [1.807, 2.05) is 36.4 Å². The number of methoxy groups -OCH3 is 1. The second-order valence-electron chi connectivity index (χ2n) is 7.60. The molecule has 0 fully saturated rings. The first-order valence-corrected chi connectivity index (χ1v) is 9.37. The monoisotopic (exact) mass is 381 g/mol. The van der Waals surface area contributed by atoms with E-state index in [1.54, 1.807) is 6.07 Å². The van der Waals surface area contributed by atoms with Gasteiger partial charge in [-0.25, -0.2) is 4.79 Å². The quantitative estimate of drug-likeness (QED) is 0.823. The van der Waals surface area contributed by atoms with Crippen molar-refractivity contribution in [1.82, 2.24) is 5.32 Å². The first-order chi connectivity index (χ1) is 13.4. The molecular weight excluding hydrogens is 358 g/mol. The summed E-state index contributed by atoms with van der Waals surface area (Å²) < 4.78 is 12.3. The lowest BCUT2D eigenvalue weighted by Crippen LogP contribution is -2.51. The van der Waals surface area contributed by atoms with Crippen molar-refractivity contribution in [2.24, 2.45) is 0 Å². The highest BCUT2D eigenvalue weighted by molar-refractivity contribution is 6.11. The van der Waals surface area contributed by atoms with Gasteiger partial charge in [0.15, 0.2) is 5.78 Å². The molecule has 1 aliphatic carbocycles. The minimum absolute atomic E-state index is 0.104. The molecule has 0 saturated heterocycles. The molecule has 28 heavy (non-hydrogen) atoms. The molecule has 1 heterocycles. The summed E-state index contributed by atoms with van der Waals surface area (Å²) in [6.45, 7) is 4.29. The minimum atomic E-state index is -1.31. The van der Waals surface area contributed by atoms with E-state index in [4.69, 9.17) is 14.6 Å². The highest BCUT2D eigenvalue weighted by Gasteiger charge is 2.71. The maximum Gasteiger partial charge on any atom is 0.404 e. The largest absolute Gasteiger partial charge is 0.465 e. The van der Waals surface area contributed by atoms with Crippen LogP contribution >= 0.6 is 0 Å². The lowest BCUT2D eigenvalue weighted by Gasteiger charge is -2.37. The van der Waals surface area contributed by atoms with Crippen molar-refractivity contribution in [3.05, 3.63) is 64.7 Å². The number of carbonyl (C=O) groups is 2. The number of nitrogens with one attached hydrogen (secondary N) is 1. The highest BCUT2D eigenvalue weighted by Crippen LogP contribution is 2.62. The van der Waals surface area contributed by atoms with Crippen LogP contribution in [0.25, 0.3) is 0 Å². The molecule has 2 aromatic rings. The van der Waals surface area contributed by atoms with Crippen LogP contribution in [0.3, 0.4) is 0 Å². The van der Waals surface area contributed by atoms with Crippen LogP contribution in [0.2, 0.25) is 0 Å². The Morgan fingerprint density at radius 3 is 2.64 bits per heavy atom. The molecule has 0 bridgehead atoms. The van der Waals surface area contributed by atoms with Crippen LogP contribution in [0, 0.1) is 0 Å². The van der Waals surface area contributed by atoms with Crippen LogP contribution in [0.5, 0.6) is 5.75 Å². The topological polar surface area (TPSA) is 84.9 Å². The first-order valence-electron chi connectivity index (χ1n) is 9.37. The molecule has 0 spiro atoms. The molecule has 0 radical (unpaired) electrons. The number of hydrogen-bond acceptors (Lipinski definition) is 4. The van der Waals surface area contributed by atoms with Crippen molar-refractivity contribution in [2.75, 3.05) is 13.7 Å². The summed E-state index contributed by atoms with van der Waals surface area (Å²) in [4.78, 5) is 24.7. The maximum absolute atomic E-state index is 13.7. The summed E-state index contributed by atoms with van der Waals surface area (Å²) in [6.07, 6.45) is -0.897. The van der Waals surface area contributed by atoms with E-state index in [0.717, 1.165) is 11.1 Å². The summed E-state index contributed by atoms with van der Waals surface area (Å²) in [5, 5.41) is 11.4. The zero-order valence-electron chi connectivity index (χ0n) is 16.1. The Hall–Kier alpha value is -2.86. The average Bonchev–Trinajstić information content (AvgIpc) is 3.07. The van der Waals surface area contributed by atoms with Crippen LogP contribution in [0.1, 0.15) is 53.2 Å². The number of benzene rings is 2. The molecule has 2 unspecified atom stereocenters. The molecule has 1 amide bonds. The lowest BCUT2D eigenvalue weighted by atomic mass is 9.71. The number of rotatable bonds is 5. The molecule has 6 nitrogen and oxygen atoms in total. The molecule has 2 aliphatic rings. The number of Topliss-reactive ketones (excluding diaryl/α,β-unsaturated/α-hetero) is 1. The minimum Gasteiger partial charge on any atom is -0.465 e. The van der Waals surface area contributed by atoms with Gasteiger partial charge in [0.25, 0.3) is 5.79 Å². The summed E-state index contributed by atoms with van der Waals surface area (Å²) in [5.41, 5.74) is 1.94. The van der Waals surface area contributed by atoms with Crippen molar-refractivity contribution >= 4 is 11.9 Å². The predicted octanol–water partition coefficient (Wildman–Crippen LogP) is 3.79. The van der Waals surface area contributed by atoms with E-state index in [1.165, 1.54) is 7.11 Å². The first kappa shape index (κ1) is 18.5. The predicted molar refractivity (Wildman–Crippen MR) is 103 cm³/mol. The number of amides is 1. The number of hydrogen-bond donors (Lipinski definition) is 2. The number of ketones is 1. The number of carboxylic acid groups (broad SMARTS) is 1. The third-order valence-electron chi connectivity index (χ3n) is 5.93. The van der Waals surface area contributed by atoms with Crippen LogP contribution < -0.4 is 10.1 Å². The van der Waals surface area contributed by atoms with E-state index in [2.05, 4.69) is 19.2 Å². The standard InChI is InChI=1S/C22H23NO5/c1-13(2)14-8-9-17-18(12-14)28-22(27-3)16-7-5-4-6-15(16)19(24)21(17,22)10-11-23-20(25)26/h4-9,12-13,23H,10-11H2,1-3H3,(H,25,26). The van der Waals surface area contributed by atoms with Gasteiger partial charge in [-0.15, -0.1) is 0 Å². The molecule has 2 N–H and O–H groups in total. The third-order valence-corrected chi connectivity index (χ3v) is 5.93. The van der Waals surface area contributed by atoms with Gasteiger partial charge in [-0.2, -0.15) is 0 Å². The van der Waals surface area contributed by atoms with E-state index in [9.17, 15) is 9.59 Å². The van der Waals surface area contributed by atoms with Crippen LogP contribution in [0.4, 0.5) is 4.79 Å². The number of carbonyl (C=O) groups excluding carboxylic acids is 1. The van der Waals surface area contributed by atoms with Crippen molar-refractivity contribution < 1.29 is 24.2 Å². The number of ether oxygens (including phenoxy) is 2. The van der Waals surface area contributed by atoms with Gasteiger partial charge in [0.2, 0.25) is 0 Å². The van der Waals surface area contributed by atoms with Gasteiger partial charge in [-0.1, -0.05) is 50.2 Å². The average molecular weight is 381 g/mol. The van der Waals surface area contributed by atoms with Crippen LogP contribution in [-0.4, -0.2) is 30.6 Å². The summed E-state index contributed by atoms with van der Waals surface area (Å²) in [7, 11) is 1.53. The second-order valence-corrected chi connectivity index (χ2v) is 7.60. The van der Waals surface area contributed by atoms with Gasteiger partial charge < -0.3 is 19.9 Å². The van der Waals surface area contributed by atoms with Gasteiger partial charge in [-0.3, -0.25) is 4.79 Å². The third kappa shape index (κ3) is 2.24. The van der Waals surface area contributed by atoms with E-state index < -0.39 is 17.3 Å². The summed E-state index contributed by atoms with van der Waals surface area (Å²) >= 11 is 0. The molecule has 2 aromatic carbocycles. The fourth-order valence-corrected chi connectivity index (χ4v) is 4.60. The fraction of sp³-hybridized carbons (Fsp3) is 0.364. The van der Waals surface area contributed by atoms with Crippen LogP contribution in [-0.2, 0) is 15.9 Å². The van der Waals surface area contributed by atoms with E-state index in [-0.39, 0.29) is 18.7 Å². The SMILES string of the molecule is COC12Oc3cc(C(C)C)ccc3C1(CCNC(=O)O)C(=O)c1ccccc12. The van der Waals surface area contributed by atoms with E-state index >= 15 is 0 Å². The molecule has 4 rings (SSSR count). The Labute approximate surface area is 163 Å². The molecule has 6 heteroatoms. The molecule has 2 atom stereocenters. The van der Waals surface area contributed by atoms with Crippen molar-refractivity contribution in [3.63, 3.8) is 0 Å².